The number of aliphatic imine (C=N–C) groups is 1. The molecular formula is C19H24F3IN4O. The van der Waals surface area contributed by atoms with E-state index in [4.69, 9.17) is 4.74 Å². The number of hydrogen-bond donors (Lipinski definition) is 2. The summed E-state index contributed by atoms with van der Waals surface area (Å²) in [6, 6.07) is 9.49. The van der Waals surface area contributed by atoms with Crippen LogP contribution in [0.3, 0.4) is 0 Å². The summed E-state index contributed by atoms with van der Waals surface area (Å²) in [7, 11) is 1.55. The Morgan fingerprint density at radius 3 is 2.43 bits per heavy atom. The lowest BCUT2D eigenvalue weighted by molar-refractivity contribution is -0.138. The molecule has 0 saturated carbocycles. The zero-order chi connectivity index (χ0) is 19.9. The first-order valence-electron chi connectivity index (χ1n) is 8.51. The van der Waals surface area contributed by atoms with Gasteiger partial charge in [-0.1, -0.05) is 12.1 Å². The number of benzene rings is 1. The van der Waals surface area contributed by atoms with E-state index in [0.29, 0.717) is 12.5 Å². The predicted molar refractivity (Wildman–Crippen MR) is 114 cm³/mol. The van der Waals surface area contributed by atoms with Gasteiger partial charge in [0.05, 0.1) is 23.9 Å². The van der Waals surface area contributed by atoms with Crippen LogP contribution >= 0.6 is 24.0 Å². The number of aromatic nitrogens is 1. The highest BCUT2D eigenvalue weighted by Crippen LogP contribution is 2.34. The molecule has 0 spiro atoms. The SMILES string of the molecule is CN=C(NCc1ccccn1)NCc1ccc(OC(C)C)cc1C(F)(F)F.I. The molecule has 0 aliphatic rings. The van der Waals surface area contributed by atoms with Crippen LogP contribution in [0.2, 0.25) is 0 Å². The van der Waals surface area contributed by atoms with Gasteiger partial charge in [0.2, 0.25) is 0 Å². The average molecular weight is 508 g/mol. The summed E-state index contributed by atoms with van der Waals surface area (Å²) in [6.45, 7) is 3.91. The van der Waals surface area contributed by atoms with Crippen LogP contribution < -0.4 is 15.4 Å². The van der Waals surface area contributed by atoms with Gasteiger partial charge in [0, 0.05) is 19.8 Å². The molecule has 9 heteroatoms. The Kier molecular flexibility index (Phi) is 9.50. The van der Waals surface area contributed by atoms with Crippen molar-refractivity contribution >= 4 is 29.9 Å². The van der Waals surface area contributed by atoms with Gasteiger partial charge in [0.1, 0.15) is 5.75 Å². The minimum absolute atomic E-state index is 0. The van der Waals surface area contributed by atoms with Crippen LogP contribution in [0.5, 0.6) is 5.75 Å². The Bertz CT molecular complexity index is 768. The van der Waals surface area contributed by atoms with E-state index >= 15 is 0 Å². The molecule has 1 aromatic heterocycles. The number of nitrogens with zero attached hydrogens (tertiary/aromatic N) is 2. The molecule has 5 nitrogen and oxygen atoms in total. The molecular weight excluding hydrogens is 484 g/mol. The monoisotopic (exact) mass is 508 g/mol. The third-order valence-electron chi connectivity index (χ3n) is 3.59. The molecule has 0 fully saturated rings. The van der Waals surface area contributed by atoms with Crippen LogP contribution in [0.25, 0.3) is 0 Å². The molecule has 2 N–H and O–H groups in total. The summed E-state index contributed by atoms with van der Waals surface area (Å²) >= 11 is 0. The van der Waals surface area contributed by atoms with Crippen LogP contribution in [-0.4, -0.2) is 24.1 Å². The Morgan fingerprint density at radius 2 is 1.86 bits per heavy atom. The van der Waals surface area contributed by atoms with E-state index in [1.54, 1.807) is 27.1 Å². The molecule has 0 amide bonds. The second-order valence-corrected chi connectivity index (χ2v) is 6.08. The number of hydrogen-bond acceptors (Lipinski definition) is 3. The molecule has 154 valence electrons. The normalized spacial score (nSPS) is 11.8. The Hall–Kier alpha value is -2.04. The molecule has 0 radical (unpaired) electrons. The van der Waals surface area contributed by atoms with Crippen LogP contribution in [0.1, 0.15) is 30.7 Å². The summed E-state index contributed by atoms with van der Waals surface area (Å²) < 4.78 is 45.6. The molecule has 2 aromatic rings. The van der Waals surface area contributed by atoms with Gasteiger partial charge in [-0.3, -0.25) is 9.98 Å². The largest absolute Gasteiger partial charge is 0.491 e. The Morgan fingerprint density at radius 1 is 1.14 bits per heavy atom. The first kappa shape index (κ1) is 24.0. The third kappa shape index (κ3) is 7.53. The smallest absolute Gasteiger partial charge is 0.416 e. The van der Waals surface area contributed by atoms with Gasteiger partial charge in [0.25, 0.3) is 0 Å². The van der Waals surface area contributed by atoms with E-state index in [1.165, 1.54) is 12.1 Å². The molecule has 0 aliphatic heterocycles. The van der Waals surface area contributed by atoms with Crippen LogP contribution in [0, 0.1) is 0 Å². The quantitative estimate of drug-likeness (QED) is 0.346. The maximum absolute atomic E-state index is 13.4. The van der Waals surface area contributed by atoms with Gasteiger partial charge in [0.15, 0.2) is 5.96 Å². The number of guanidine groups is 1. The van der Waals surface area contributed by atoms with Crippen molar-refractivity contribution in [3.05, 3.63) is 59.4 Å². The van der Waals surface area contributed by atoms with Crippen LogP contribution in [0.15, 0.2) is 47.6 Å². The fourth-order valence-corrected chi connectivity index (χ4v) is 2.40. The van der Waals surface area contributed by atoms with E-state index in [2.05, 4.69) is 20.6 Å². The average Bonchev–Trinajstić information content (AvgIpc) is 2.62. The van der Waals surface area contributed by atoms with Crippen molar-refractivity contribution in [2.24, 2.45) is 4.99 Å². The van der Waals surface area contributed by atoms with Crippen molar-refractivity contribution in [3.8, 4) is 5.75 Å². The van der Waals surface area contributed by atoms with Gasteiger partial charge in [-0.15, -0.1) is 24.0 Å². The topological polar surface area (TPSA) is 58.5 Å². The van der Waals surface area contributed by atoms with Crippen molar-refractivity contribution in [2.75, 3.05) is 7.05 Å². The number of pyridine rings is 1. The van der Waals surface area contributed by atoms with Crippen molar-refractivity contribution in [1.29, 1.82) is 0 Å². The standard InChI is InChI=1S/C19H23F3N4O.HI/c1-13(2)27-16-8-7-14(17(10-16)19(20,21)22)11-25-18(23-3)26-12-15-6-4-5-9-24-15;/h4-10,13H,11-12H2,1-3H3,(H2,23,25,26);1H. The van der Waals surface area contributed by atoms with E-state index < -0.39 is 11.7 Å². The molecule has 1 aromatic carbocycles. The van der Waals surface area contributed by atoms with Gasteiger partial charge in [-0.2, -0.15) is 13.2 Å². The summed E-state index contributed by atoms with van der Waals surface area (Å²) in [6.07, 6.45) is -3.01. The van der Waals surface area contributed by atoms with Crippen LogP contribution in [-0.2, 0) is 19.3 Å². The van der Waals surface area contributed by atoms with Crippen molar-refractivity contribution in [1.82, 2.24) is 15.6 Å². The molecule has 0 atom stereocenters. The number of ether oxygens (including phenoxy) is 1. The summed E-state index contributed by atoms with van der Waals surface area (Å²) in [5.41, 5.74) is 0.180. The second kappa shape index (κ2) is 11.1. The zero-order valence-corrected chi connectivity index (χ0v) is 18.2. The van der Waals surface area contributed by atoms with Gasteiger partial charge < -0.3 is 15.4 Å². The van der Waals surface area contributed by atoms with Crippen LogP contribution in [0.4, 0.5) is 13.2 Å². The first-order chi connectivity index (χ1) is 12.8. The fraction of sp³-hybridized carbons (Fsp3) is 0.368. The number of rotatable bonds is 6. The van der Waals surface area contributed by atoms with Crippen molar-refractivity contribution in [2.45, 2.75) is 39.2 Å². The maximum Gasteiger partial charge on any atom is 0.416 e. The Labute approximate surface area is 179 Å². The third-order valence-corrected chi connectivity index (χ3v) is 3.59. The minimum Gasteiger partial charge on any atom is -0.491 e. The molecule has 0 unspecified atom stereocenters. The van der Waals surface area contributed by atoms with E-state index in [1.807, 2.05) is 18.2 Å². The lowest BCUT2D eigenvalue weighted by Gasteiger charge is -2.18. The number of nitrogens with one attached hydrogen (secondary N) is 2. The molecule has 2 rings (SSSR count). The number of halogens is 4. The molecule has 0 saturated heterocycles. The molecule has 0 bridgehead atoms. The number of alkyl halides is 3. The first-order valence-corrected chi connectivity index (χ1v) is 8.51. The minimum atomic E-state index is -4.47. The molecule has 0 aliphatic carbocycles. The summed E-state index contributed by atoms with van der Waals surface area (Å²) in [5.74, 6) is 0.579. The van der Waals surface area contributed by atoms with E-state index in [-0.39, 0.29) is 47.9 Å². The molecule has 1 heterocycles. The predicted octanol–water partition coefficient (Wildman–Crippen LogP) is 4.37. The highest BCUT2D eigenvalue weighted by molar-refractivity contribution is 14.0. The van der Waals surface area contributed by atoms with E-state index in [0.717, 1.165) is 11.8 Å². The van der Waals surface area contributed by atoms with Crippen molar-refractivity contribution < 1.29 is 17.9 Å². The highest BCUT2D eigenvalue weighted by atomic mass is 127. The Balaban J connectivity index is 0.00000392. The van der Waals surface area contributed by atoms with Gasteiger partial charge >= 0.3 is 6.18 Å². The fourth-order valence-electron chi connectivity index (χ4n) is 2.40. The van der Waals surface area contributed by atoms with Crippen molar-refractivity contribution in [3.63, 3.8) is 0 Å². The maximum atomic E-state index is 13.4. The summed E-state index contributed by atoms with van der Waals surface area (Å²) in [5, 5.41) is 5.92. The lowest BCUT2D eigenvalue weighted by atomic mass is 10.1. The highest BCUT2D eigenvalue weighted by Gasteiger charge is 2.33. The lowest BCUT2D eigenvalue weighted by Crippen LogP contribution is -2.36. The summed E-state index contributed by atoms with van der Waals surface area (Å²) in [4.78, 5) is 8.20. The van der Waals surface area contributed by atoms with Gasteiger partial charge in [-0.05, 0) is 43.7 Å². The van der Waals surface area contributed by atoms with Gasteiger partial charge in [-0.25, -0.2) is 0 Å². The molecule has 28 heavy (non-hydrogen) atoms. The van der Waals surface area contributed by atoms with E-state index in [9.17, 15) is 13.2 Å². The zero-order valence-electron chi connectivity index (χ0n) is 15.9. The second-order valence-electron chi connectivity index (χ2n) is 6.08.